The van der Waals surface area contributed by atoms with Crippen molar-refractivity contribution < 1.29 is 9.21 Å². The summed E-state index contributed by atoms with van der Waals surface area (Å²) in [5.41, 5.74) is 3.06. The molecule has 0 saturated carbocycles. The lowest BCUT2D eigenvalue weighted by Crippen LogP contribution is -2.28. The average molecular weight is 401 g/mol. The number of amides is 1. The summed E-state index contributed by atoms with van der Waals surface area (Å²) < 4.78 is 5.42. The Bertz CT molecular complexity index is 1090. The highest BCUT2D eigenvalue weighted by atomic mass is 32.2. The maximum Gasteiger partial charge on any atom is 0.267 e. The zero-order valence-corrected chi connectivity index (χ0v) is 16.7. The minimum atomic E-state index is -0.108. The molecule has 0 atom stereocenters. The minimum Gasteiger partial charge on any atom is -0.467 e. The van der Waals surface area contributed by atoms with E-state index in [2.05, 4.69) is 10.2 Å². The molecule has 1 aliphatic rings. The largest absolute Gasteiger partial charge is 0.467 e. The molecule has 1 fully saturated rings. The summed E-state index contributed by atoms with van der Waals surface area (Å²) in [5.74, 6) is 0.583. The van der Waals surface area contributed by atoms with Gasteiger partial charge in [0.1, 0.15) is 5.76 Å². The number of nitrogens with zero attached hydrogens (tertiary/aromatic N) is 3. The molecule has 3 aromatic rings. The molecule has 2 aromatic carbocycles. The van der Waals surface area contributed by atoms with Crippen molar-refractivity contribution >= 4 is 35.1 Å². The number of amidine groups is 1. The molecule has 2 heterocycles. The lowest BCUT2D eigenvalue weighted by molar-refractivity contribution is -0.122. The Hall–Kier alpha value is -3.38. The van der Waals surface area contributed by atoms with Gasteiger partial charge in [0.2, 0.25) is 0 Å². The second kappa shape index (κ2) is 8.75. The number of furan rings is 1. The zero-order chi connectivity index (χ0) is 20.1. The SMILES string of the molecule is Cc1ccccc1/C=C1\S/C(=N/N=C\c2ccccc2)N(Cc2ccco2)C1=O. The van der Waals surface area contributed by atoms with Crippen LogP contribution in [0.5, 0.6) is 0 Å². The lowest BCUT2D eigenvalue weighted by Gasteiger charge is -2.12. The Morgan fingerprint density at radius 3 is 2.59 bits per heavy atom. The van der Waals surface area contributed by atoms with Gasteiger partial charge in [-0.25, -0.2) is 0 Å². The number of rotatable bonds is 5. The van der Waals surface area contributed by atoms with Crippen molar-refractivity contribution in [3.8, 4) is 0 Å². The predicted octanol–water partition coefficient (Wildman–Crippen LogP) is 5.09. The molecule has 1 aromatic heterocycles. The van der Waals surface area contributed by atoms with Gasteiger partial charge in [0, 0.05) is 0 Å². The van der Waals surface area contributed by atoms with Gasteiger partial charge in [0.15, 0.2) is 5.17 Å². The van der Waals surface area contributed by atoms with Crippen LogP contribution in [0.3, 0.4) is 0 Å². The molecule has 1 saturated heterocycles. The molecule has 5 nitrogen and oxygen atoms in total. The number of thioether (sulfide) groups is 1. The van der Waals surface area contributed by atoms with Crippen LogP contribution in [0.15, 0.2) is 92.5 Å². The van der Waals surface area contributed by atoms with Gasteiger partial charge in [0.05, 0.1) is 23.9 Å². The first kappa shape index (κ1) is 19.0. The summed E-state index contributed by atoms with van der Waals surface area (Å²) in [5, 5.41) is 9.03. The summed E-state index contributed by atoms with van der Waals surface area (Å²) in [7, 11) is 0. The van der Waals surface area contributed by atoms with Gasteiger partial charge in [-0.1, -0.05) is 54.6 Å². The van der Waals surface area contributed by atoms with Gasteiger partial charge in [-0.3, -0.25) is 9.69 Å². The van der Waals surface area contributed by atoms with Crippen molar-refractivity contribution in [1.29, 1.82) is 0 Å². The monoisotopic (exact) mass is 401 g/mol. The first-order valence-electron chi connectivity index (χ1n) is 9.16. The van der Waals surface area contributed by atoms with Crippen molar-refractivity contribution in [2.24, 2.45) is 10.2 Å². The van der Waals surface area contributed by atoms with Crippen LogP contribution in [0, 0.1) is 6.92 Å². The number of carbonyl (C=O) groups is 1. The first-order valence-corrected chi connectivity index (χ1v) is 9.98. The first-order chi connectivity index (χ1) is 14.2. The van der Waals surface area contributed by atoms with Gasteiger partial charge >= 0.3 is 0 Å². The van der Waals surface area contributed by atoms with E-state index < -0.39 is 0 Å². The molecule has 144 valence electrons. The molecule has 0 bridgehead atoms. The quantitative estimate of drug-likeness (QED) is 0.340. The van der Waals surface area contributed by atoms with Gasteiger partial charge in [-0.15, -0.1) is 5.10 Å². The van der Waals surface area contributed by atoms with E-state index in [-0.39, 0.29) is 5.91 Å². The highest BCUT2D eigenvalue weighted by Gasteiger charge is 2.34. The normalized spacial score (nSPS) is 17.1. The van der Waals surface area contributed by atoms with Crippen molar-refractivity contribution in [2.75, 3.05) is 0 Å². The number of aryl methyl sites for hydroxylation is 1. The topological polar surface area (TPSA) is 58.2 Å². The van der Waals surface area contributed by atoms with Crippen molar-refractivity contribution in [3.63, 3.8) is 0 Å². The Kier molecular flexibility index (Phi) is 5.72. The fraction of sp³-hybridized carbons (Fsp3) is 0.0870. The molecule has 4 rings (SSSR count). The molecular formula is C23H19N3O2S. The van der Waals surface area contributed by atoms with Crippen LogP contribution in [-0.4, -0.2) is 22.2 Å². The van der Waals surface area contributed by atoms with Crippen molar-refractivity contribution in [1.82, 2.24) is 4.90 Å². The zero-order valence-electron chi connectivity index (χ0n) is 15.9. The summed E-state index contributed by atoms with van der Waals surface area (Å²) in [6, 6.07) is 21.3. The number of hydrogen-bond donors (Lipinski definition) is 0. The second-order valence-corrected chi connectivity index (χ2v) is 7.48. The lowest BCUT2D eigenvalue weighted by atomic mass is 10.1. The van der Waals surface area contributed by atoms with E-state index in [0.717, 1.165) is 16.7 Å². The molecular weight excluding hydrogens is 382 g/mol. The van der Waals surface area contributed by atoms with E-state index in [1.807, 2.05) is 73.7 Å². The van der Waals surface area contributed by atoms with E-state index in [0.29, 0.717) is 22.4 Å². The Morgan fingerprint density at radius 1 is 1.03 bits per heavy atom. The van der Waals surface area contributed by atoms with E-state index in [1.165, 1.54) is 11.8 Å². The average Bonchev–Trinajstić information content (AvgIpc) is 3.35. The van der Waals surface area contributed by atoms with E-state index in [9.17, 15) is 4.79 Å². The number of benzene rings is 2. The molecule has 0 aliphatic carbocycles. The molecule has 1 aliphatic heterocycles. The van der Waals surface area contributed by atoms with E-state index in [4.69, 9.17) is 4.42 Å². The van der Waals surface area contributed by atoms with Gasteiger partial charge in [-0.05, 0) is 53.6 Å². The smallest absolute Gasteiger partial charge is 0.267 e. The molecule has 0 unspecified atom stereocenters. The van der Waals surface area contributed by atoms with Gasteiger partial charge in [0.25, 0.3) is 5.91 Å². The fourth-order valence-electron chi connectivity index (χ4n) is 2.85. The second-order valence-electron chi connectivity index (χ2n) is 6.48. The molecule has 29 heavy (non-hydrogen) atoms. The maximum atomic E-state index is 13.1. The predicted molar refractivity (Wildman–Crippen MR) is 117 cm³/mol. The third kappa shape index (κ3) is 4.55. The Balaban J connectivity index is 1.64. The van der Waals surface area contributed by atoms with Crippen molar-refractivity contribution in [3.05, 3.63) is 100 Å². The number of carbonyl (C=O) groups excluding carboxylic acids is 1. The van der Waals surface area contributed by atoms with Crippen LogP contribution in [0.25, 0.3) is 6.08 Å². The fourth-order valence-corrected chi connectivity index (χ4v) is 3.78. The van der Waals surface area contributed by atoms with Crippen LogP contribution >= 0.6 is 11.8 Å². The molecule has 0 spiro atoms. The van der Waals surface area contributed by atoms with Crippen LogP contribution in [0.4, 0.5) is 0 Å². The maximum absolute atomic E-state index is 13.1. The Labute approximate surface area is 173 Å². The summed E-state index contributed by atoms with van der Waals surface area (Å²) >= 11 is 1.32. The summed E-state index contributed by atoms with van der Waals surface area (Å²) in [6.07, 6.45) is 5.17. The molecule has 0 radical (unpaired) electrons. The molecule has 6 heteroatoms. The van der Waals surface area contributed by atoms with E-state index in [1.54, 1.807) is 23.4 Å². The standard InChI is InChI=1S/C23H19N3O2S/c1-17-8-5-6-11-19(17)14-21-22(27)26(16-20-12-7-13-28-20)23(29-21)25-24-15-18-9-3-2-4-10-18/h2-15H,16H2,1H3/b21-14-,24-15-,25-23+. The number of hydrogen-bond acceptors (Lipinski definition) is 5. The third-order valence-electron chi connectivity index (χ3n) is 4.41. The highest BCUT2D eigenvalue weighted by molar-refractivity contribution is 8.18. The van der Waals surface area contributed by atoms with Crippen LogP contribution < -0.4 is 0 Å². The van der Waals surface area contributed by atoms with Crippen LogP contribution in [0.1, 0.15) is 22.5 Å². The van der Waals surface area contributed by atoms with Gasteiger partial charge < -0.3 is 4.42 Å². The molecule has 0 N–H and O–H groups in total. The Morgan fingerprint density at radius 2 is 1.83 bits per heavy atom. The summed E-state index contributed by atoms with van der Waals surface area (Å²) in [4.78, 5) is 15.3. The minimum absolute atomic E-state index is 0.108. The van der Waals surface area contributed by atoms with Crippen molar-refractivity contribution in [2.45, 2.75) is 13.5 Å². The van der Waals surface area contributed by atoms with Crippen LogP contribution in [0.2, 0.25) is 0 Å². The molecule has 1 amide bonds. The highest BCUT2D eigenvalue weighted by Crippen LogP contribution is 2.34. The van der Waals surface area contributed by atoms with Gasteiger partial charge in [-0.2, -0.15) is 5.10 Å². The third-order valence-corrected chi connectivity index (χ3v) is 5.40. The van der Waals surface area contributed by atoms with E-state index >= 15 is 0 Å². The summed E-state index contributed by atoms with van der Waals surface area (Å²) in [6.45, 7) is 2.33. The van der Waals surface area contributed by atoms with Crippen LogP contribution in [-0.2, 0) is 11.3 Å².